The number of hydrogen-bond acceptors (Lipinski definition) is 3. The maximum absolute atomic E-state index is 12.4. The fraction of sp³-hybridized carbons (Fsp3) is 0.133. The fourth-order valence-electron chi connectivity index (χ4n) is 1.80. The number of nitrogens with one attached hydrogen (secondary N) is 3. The van der Waals surface area contributed by atoms with Gasteiger partial charge in [-0.05, 0) is 42.5 Å². The Labute approximate surface area is 180 Å². The fourth-order valence-corrected chi connectivity index (χ4v) is 2.85. The number of carbonyl (C=O) groups excluding carboxylic acids is 1. The molecule has 5 nitrogen and oxygen atoms in total. The Morgan fingerprint density at radius 1 is 1.12 bits per heavy atom. The molecule has 1 aromatic carbocycles. The zero-order valence-corrected chi connectivity index (χ0v) is 17.4. The van der Waals surface area contributed by atoms with Gasteiger partial charge in [0.1, 0.15) is 12.0 Å². The molecule has 2 rings (SSSR count). The Morgan fingerprint density at radius 3 is 2.42 bits per heavy atom. The smallest absolute Gasteiger partial charge is 0.254 e. The molecule has 0 saturated carbocycles. The summed E-state index contributed by atoms with van der Waals surface area (Å²) in [4.78, 5) is 16.5. The van der Waals surface area contributed by atoms with E-state index < -0.39 is 15.9 Å². The minimum absolute atomic E-state index is 0.0996. The summed E-state index contributed by atoms with van der Waals surface area (Å²) in [5, 5.41) is 8.72. The normalized spacial score (nSPS) is 12.2. The molecule has 11 heteroatoms. The van der Waals surface area contributed by atoms with Crippen LogP contribution in [0.1, 0.15) is 10.4 Å². The number of anilines is 1. The van der Waals surface area contributed by atoms with Crippen molar-refractivity contribution >= 4 is 87.1 Å². The van der Waals surface area contributed by atoms with Crippen LogP contribution < -0.4 is 16.0 Å². The lowest BCUT2D eigenvalue weighted by Gasteiger charge is -2.27. The number of nitrogens with zero attached hydrogens (tertiary/aromatic N) is 1. The van der Waals surface area contributed by atoms with Crippen molar-refractivity contribution < 1.29 is 4.79 Å². The summed E-state index contributed by atoms with van der Waals surface area (Å²) in [7, 11) is 0. The molecule has 0 fully saturated rings. The summed E-state index contributed by atoms with van der Waals surface area (Å²) < 4.78 is -1.90. The Bertz CT molecular complexity index is 800. The second-order valence-electron chi connectivity index (χ2n) is 4.89. The van der Waals surface area contributed by atoms with Crippen molar-refractivity contribution in [3.8, 4) is 0 Å². The third-order valence-corrected chi connectivity index (χ3v) is 4.38. The van der Waals surface area contributed by atoms with Gasteiger partial charge in [0.2, 0.25) is 3.79 Å². The van der Waals surface area contributed by atoms with Gasteiger partial charge in [0, 0.05) is 11.2 Å². The lowest BCUT2D eigenvalue weighted by atomic mass is 10.2. The van der Waals surface area contributed by atoms with Crippen LogP contribution in [-0.4, -0.2) is 26.0 Å². The molecular formula is C15H11Cl5N4OS. The molecule has 0 aliphatic rings. The van der Waals surface area contributed by atoms with E-state index in [0.717, 1.165) is 0 Å². The van der Waals surface area contributed by atoms with E-state index in [9.17, 15) is 4.79 Å². The number of hydrogen-bond donors (Lipinski definition) is 3. The lowest BCUT2D eigenvalue weighted by molar-refractivity contribution is 0.0934. The van der Waals surface area contributed by atoms with Crippen LogP contribution in [0.25, 0.3) is 0 Å². The summed E-state index contributed by atoms with van der Waals surface area (Å²) in [6.45, 7) is 0. The first-order chi connectivity index (χ1) is 12.2. The molecule has 1 aromatic heterocycles. The monoisotopic (exact) mass is 470 g/mol. The summed E-state index contributed by atoms with van der Waals surface area (Å²) in [5.41, 5.74) is 0.167. The lowest BCUT2D eigenvalue weighted by Crippen LogP contribution is -2.56. The molecular weight excluding hydrogens is 462 g/mol. The van der Waals surface area contributed by atoms with Crippen molar-refractivity contribution in [2.24, 2.45) is 0 Å². The van der Waals surface area contributed by atoms with Crippen LogP contribution in [0.15, 0.2) is 42.6 Å². The van der Waals surface area contributed by atoms with Gasteiger partial charge in [-0.25, -0.2) is 4.98 Å². The first kappa shape index (κ1) is 21.3. The number of amides is 1. The zero-order valence-electron chi connectivity index (χ0n) is 12.8. The number of aromatic nitrogens is 1. The number of pyridine rings is 1. The standard InChI is InChI=1S/C15H11Cl5N4OS/c16-8-4-5-9(10(17)7-8)12(25)23-13(15(18,19)20)24-14(26)22-11-3-1-2-6-21-11/h1-7,13H,(H,23,25)(H2,21,22,24,26)/t13-/m0/s1. The van der Waals surface area contributed by atoms with Gasteiger partial charge in [-0.2, -0.15) is 0 Å². The molecule has 1 atom stereocenters. The van der Waals surface area contributed by atoms with Crippen molar-refractivity contribution in [3.63, 3.8) is 0 Å². The highest BCUT2D eigenvalue weighted by molar-refractivity contribution is 7.80. The summed E-state index contributed by atoms with van der Waals surface area (Å²) in [6.07, 6.45) is 0.442. The molecule has 1 heterocycles. The Hall–Kier alpha value is -1.02. The Kier molecular flexibility index (Phi) is 7.58. The number of alkyl halides is 3. The molecule has 0 unspecified atom stereocenters. The van der Waals surface area contributed by atoms with Gasteiger partial charge in [-0.3, -0.25) is 4.79 Å². The number of carbonyl (C=O) groups is 1. The van der Waals surface area contributed by atoms with E-state index in [1.807, 2.05) is 0 Å². The molecule has 3 N–H and O–H groups in total. The third kappa shape index (κ3) is 6.30. The Morgan fingerprint density at radius 2 is 1.85 bits per heavy atom. The van der Waals surface area contributed by atoms with Crippen LogP contribution in [0.3, 0.4) is 0 Å². The predicted molar refractivity (Wildman–Crippen MR) is 112 cm³/mol. The maximum atomic E-state index is 12.4. The van der Waals surface area contributed by atoms with Crippen molar-refractivity contribution in [1.29, 1.82) is 0 Å². The summed E-state index contributed by atoms with van der Waals surface area (Å²) in [6, 6.07) is 9.64. The van der Waals surface area contributed by atoms with E-state index >= 15 is 0 Å². The van der Waals surface area contributed by atoms with E-state index in [-0.39, 0.29) is 15.7 Å². The SMILES string of the molecule is O=C(N[C@@H](NC(=S)Nc1ccccn1)C(Cl)(Cl)Cl)c1ccc(Cl)cc1Cl. The summed E-state index contributed by atoms with van der Waals surface area (Å²) in [5.74, 6) is -0.0868. The maximum Gasteiger partial charge on any atom is 0.254 e. The van der Waals surface area contributed by atoms with Gasteiger partial charge >= 0.3 is 0 Å². The number of thiocarbonyl (C=S) groups is 1. The quantitative estimate of drug-likeness (QED) is 0.339. The van der Waals surface area contributed by atoms with Crippen LogP contribution in [0.4, 0.5) is 5.82 Å². The van der Waals surface area contributed by atoms with Crippen molar-refractivity contribution in [2.45, 2.75) is 9.96 Å². The average Bonchev–Trinajstić information content (AvgIpc) is 2.54. The average molecular weight is 473 g/mol. The molecule has 0 spiro atoms. The highest BCUT2D eigenvalue weighted by Gasteiger charge is 2.35. The minimum atomic E-state index is -1.90. The molecule has 1 amide bonds. The van der Waals surface area contributed by atoms with E-state index in [1.165, 1.54) is 18.2 Å². The number of benzene rings is 1. The highest BCUT2D eigenvalue weighted by atomic mass is 35.6. The third-order valence-electron chi connectivity index (χ3n) is 2.96. The van der Waals surface area contributed by atoms with Gasteiger partial charge in [0.15, 0.2) is 5.11 Å². The minimum Gasteiger partial charge on any atom is -0.339 e. The van der Waals surface area contributed by atoms with Gasteiger partial charge in [0.05, 0.1) is 10.6 Å². The van der Waals surface area contributed by atoms with Gasteiger partial charge in [-0.1, -0.05) is 64.1 Å². The first-order valence-electron chi connectivity index (χ1n) is 6.98. The van der Waals surface area contributed by atoms with Crippen LogP contribution in [-0.2, 0) is 0 Å². The van der Waals surface area contributed by atoms with Crippen LogP contribution in [0.5, 0.6) is 0 Å². The number of halogens is 5. The molecule has 138 valence electrons. The molecule has 0 saturated heterocycles. The largest absolute Gasteiger partial charge is 0.339 e. The van der Waals surface area contributed by atoms with E-state index in [0.29, 0.717) is 10.8 Å². The van der Waals surface area contributed by atoms with Gasteiger partial charge < -0.3 is 16.0 Å². The zero-order chi connectivity index (χ0) is 19.3. The van der Waals surface area contributed by atoms with Gasteiger partial charge in [-0.15, -0.1) is 0 Å². The number of rotatable bonds is 4. The molecule has 26 heavy (non-hydrogen) atoms. The van der Waals surface area contributed by atoms with Gasteiger partial charge in [0.25, 0.3) is 5.91 Å². The van der Waals surface area contributed by atoms with E-state index in [2.05, 4.69) is 20.9 Å². The topological polar surface area (TPSA) is 66.1 Å². The second-order valence-corrected chi connectivity index (χ2v) is 8.51. The first-order valence-corrected chi connectivity index (χ1v) is 9.28. The van der Waals surface area contributed by atoms with Crippen molar-refractivity contribution in [3.05, 3.63) is 58.2 Å². The molecule has 0 radical (unpaired) electrons. The van der Waals surface area contributed by atoms with E-state index in [4.69, 9.17) is 70.2 Å². The van der Waals surface area contributed by atoms with Crippen LogP contribution in [0.2, 0.25) is 10.0 Å². The molecule has 0 aliphatic heterocycles. The van der Waals surface area contributed by atoms with E-state index in [1.54, 1.807) is 24.4 Å². The van der Waals surface area contributed by atoms with Crippen LogP contribution in [0, 0.1) is 0 Å². The molecule has 0 bridgehead atoms. The highest BCUT2D eigenvalue weighted by Crippen LogP contribution is 2.30. The predicted octanol–water partition coefficient (Wildman–Crippen LogP) is 4.80. The Balaban J connectivity index is 2.10. The second kappa shape index (κ2) is 9.26. The van der Waals surface area contributed by atoms with Crippen LogP contribution >= 0.6 is 70.2 Å². The van der Waals surface area contributed by atoms with Crippen molar-refractivity contribution in [1.82, 2.24) is 15.6 Å². The molecule has 2 aromatic rings. The summed E-state index contributed by atoms with van der Waals surface area (Å²) >= 11 is 34.8. The van der Waals surface area contributed by atoms with Crippen molar-refractivity contribution in [2.75, 3.05) is 5.32 Å². The molecule has 0 aliphatic carbocycles.